The Balaban J connectivity index is 1.68. The van der Waals surface area contributed by atoms with E-state index in [0.717, 1.165) is 11.1 Å². The van der Waals surface area contributed by atoms with Gasteiger partial charge >= 0.3 is 5.97 Å². The summed E-state index contributed by atoms with van der Waals surface area (Å²) in [5.74, 6) is -0.850. The molecule has 5 nitrogen and oxygen atoms in total. The van der Waals surface area contributed by atoms with E-state index >= 15 is 0 Å². The lowest BCUT2D eigenvalue weighted by Gasteiger charge is -2.17. The number of halogens is 1. The Hall–Kier alpha value is -3.05. The molecule has 6 heteroatoms. The van der Waals surface area contributed by atoms with Crippen molar-refractivity contribution in [2.24, 2.45) is 0 Å². The summed E-state index contributed by atoms with van der Waals surface area (Å²) in [6, 6.07) is 18.7. The second-order valence-electron chi connectivity index (χ2n) is 5.93. The van der Waals surface area contributed by atoms with Crippen LogP contribution in [-0.4, -0.2) is 17.9 Å². The van der Waals surface area contributed by atoms with Crippen LogP contribution < -0.4 is 5.32 Å². The van der Waals surface area contributed by atoms with Gasteiger partial charge in [-0.1, -0.05) is 54.1 Å². The zero-order valence-corrected chi connectivity index (χ0v) is 15.2. The van der Waals surface area contributed by atoms with Gasteiger partial charge in [0.15, 0.2) is 5.76 Å². The molecule has 1 amide bonds. The highest BCUT2D eigenvalue weighted by Crippen LogP contribution is 2.12. The molecule has 1 aromatic heterocycles. The predicted molar refractivity (Wildman–Crippen MR) is 101 cm³/mol. The van der Waals surface area contributed by atoms with E-state index in [1.54, 1.807) is 30.3 Å². The Morgan fingerprint density at radius 2 is 1.70 bits per heavy atom. The molecular weight excluding hydrogens is 366 g/mol. The Labute approximate surface area is 161 Å². The summed E-state index contributed by atoms with van der Waals surface area (Å²) in [4.78, 5) is 24.9. The summed E-state index contributed by atoms with van der Waals surface area (Å²) >= 11 is 5.86. The van der Waals surface area contributed by atoms with Crippen molar-refractivity contribution in [3.63, 3.8) is 0 Å². The van der Waals surface area contributed by atoms with E-state index in [2.05, 4.69) is 5.32 Å². The van der Waals surface area contributed by atoms with Crippen LogP contribution in [0.3, 0.4) is 0 Å². The van der Waals surface area contributed by atoms with Crippen molar-refractivity contribution < 1.29 is 18.7 Å². The molecule has 0 fully saturated rings. The molecule has 27 heavy (non-hydrogen) atoms. The van der Waals surface area contributed by atoms with Gasteiger partial charge in [0.25, 0.3) is 5.91 Å². The molecule has 0 bridgehead atoms. The fraction of sp³-hybridized carbons (Fsp3) is 0.143. The standard InChI is InChI=1S/C21H18ClNO4/c22-17-10-8-16(9-11-17)14-27-21(25)18(13-15-5-2-1-3-6-15)23-20(24)19-7-4-12-26-19/h1-12,18H,13-14H2,(H,23,24). The summed E-state index contributed by atoms with van der Waals surface area (Å²) in [6.45, 7) is 0.0952. The van der Waals surface area contributed by atoms with Gasteiger partial charge in [-0.15, -0.1) is 0 Å². The number of nitrogens with one attached hydrogen (secondary N) is 1. The molecule has 0 aliphatic carbocycles. The minimum Gasteiger partial charge on any atom is -0.459 e. The zero-order valence-electron chi connectivity index (χ0n) is 14.4. The monoisotopic (exact) mass is 383 g/mol. The smallest absolute Gasteiger partial charge is 0.329 e. The van der Waals surface area contributed by atoms with Crippen molar-refractivity contribution in [3.05, 3.63) is 94.9 Å². The van der Waals surface area contributed by atoms with Crippen molar-refractivity contribution in [1.82, 2.24) is 5.32 Å². The van der Waals surface area contributed by atoms with E-state index < -0.39 is 17.9 Å². The number of ether oxygens (including phenoxy) is 1. The minimum absolute atomic E-state index is 0.0952. The van der Waals surface area contributed by atoms with Crippen LogP contribution in [0.15, 0.2) is 77.4 Å². The molecule has 0 radical (unpaired) electrons. The number of carbonyl (C=O) groups is 2. The highest BCUT2D eigenvalue weighted by molar-refractivity contribution is 6.30. The quantitative estimate of drug-likeness (QED) is 0.626. The topological polar surface area (TPSA) is 68.5 Å². The van der Waals surface area contributed by atoms with Gasteiger partial charge in [-0.3, -0.25) is 4.79 Å². The Bertz CT molecular complexity index is 876. The molecule has 1 atom stereocenters. The molecule has 3 rings (SSSR count). The maximum absolute atomic E-state index is 12.6. The second kappa shape index (κ2) is 9.05. The first kappa shape index (κ1) is 18.7. The zero-order chi connectivity index (χ0) is 19.1. The first-order valence-electron chi connectivity index (χ1n) is 8.41. The molecule has 0 saturated carbocycles. The Kier molecular flexibility index (Phi) is 6.28. The maximum Gasteiger partial charge on any atom is 0.329 e. The first-order valence-corrected chi connectivity index (χ1v) is 8.79. The minimum atomic E-state index is -0.836. The summed E-state index contributed by atoms with van der Waals surface area (Å²) in [7, 11) is 0. The Morgan fingerprint density at radius 3 is 2.37 bits per heavy atom. The van der Waals surface area contributed by atoms with Gasteiger partial charge in [0.2, 0.25) is 0 Å². The maximum atomic E-state index is 12.6. The molecule has 0 spiro atoms. The molecule has 0 aliphatic rings. The number of esters is 1. The summed E-state index contributed by atoms with van der Waals surface area (Å²) < 4.78 is 10.5. The summed E-state index contributed by atoms with van der Waals surface area (Å²) in [5.41, 5.74) is 1.72. The van der Waals surface area contributed by atoms with Gasteiger partial charge in [0, 0.05) is 11.4 Å². The molecule has 1 unspecified atom stereocenters. The first-order chi connectivity index (χ1) is 13.1. The van der Waals surface area contributed by atoms with E-state index in [1.807, 2.05) is 30.3 Å². The third-order valence-corrected chi connectivity index (χ3v) is 4.16. The van der Waals surface area contributed by atoms with Crippen LogP contribution in [0, 0.1) is 0 Å². The van der Waals surface area contributed by atoms with Gasteiger partial charge in [0.05, 0.1) is 6.26 Å². The molecule has 3 aromatic rings. The van der Waals surface area contributed by atoms with Crippen LogP contribution in [0.4, 0.5) is 0 Å². The van der Waals surface area contributed by atoms with Gasteiger partial charge in [-0.25, -0.2) is 4.79 Å². The molecular formula is C21H18ClNO4. The fourth-order valence-corrected chi connectivity index (χ4v) is 2.64. The van der Waals surface area contributed by atoms with E-state index in [1.165, 1.54) is 12.3 Å². The van der Waals surface area contributed by atoms with Crippen LogP contribution in [-0.2, 0) is 22.6 Å². The van der Waals surface area contributed by atoms with Gasteiger partial charge in [-0.2, -0.15) is 0 Å². The van der Waals surface area contributed by atoms with E-state index in [9.17, 15) is 9.59 Å². The normalized spacial score (nSPS) is 11.6. The van der Waals surface area contributed by atoms with Crippen LogP contribution in [0.25, 0.3) is 0 Å². The highest BCUT2D eigenvalue weighted by Gasteiger charge is 2.24. The van der Waals surface area contributed by atoms with E-state index in [4.69, 9.17) is 20.8 Å². The number of benzene rings is 2. The number of hydrogen-bond acceptors (Lipinski definition) is 4. The number of rotatable bonds is 7. The van der Waals surface area contributed by atoms with E-state index in [0.29, 0.717) is 11.4 Å². The van der Waals surface area contributed by atoms with E-state index in [-0.39, 0.29) is 12.4 Å². The largest absolute Gasteiger partial charge is 0.459 e. The third-order valence-electron chi connectivity index (χ3n) is 3.91. The molecule has 1 N–H and O–H groups in total. The third kappa shape index (κ3) is 5.46. The average Bonchev–Trinajstić information content (AvgIpc) is 3.22. The lowest BCUT2D eigenvalue weighted by Crippen LogP contribution is -2.43. The lowest BCUT2D eigenvalue weighted by molar-refractivity contribution is -0.147. The van der Waals surface area contributed by atoms with Crippen molar-refractivity contribution in [3.8, 4) is 0 Å². The van der Waals surface area contributed by atoms with Crippen LogP contribution in [0.5, 0.6) is 0 Å². The van der Waals surface area contributed by atoms with Crippen molar-refractivity contribution in [2.75, 3.05) is 0 Å². The van der Waals surface area contributed by atoms with Gasteiger partial charge < -0.3 is 14.5 Å². The fourth-order valence-electron chi connectivity index (χ4n) is 2.52. The van der Waals surface area contributed by atoms with Gasteiger partial charge in [-0.05, 0) is 35.4 Å². The number of amides is 1. The number of furan rings is 1. The molecule has 0 saturated heterocycles. The van der Waals surface area contributed by atoms with Crippen molar-refractivity contribution in [2.45, 2.75) is 19.1 Å². The summed E-state index contributed by atoms with van der Waals surface area (Å²) in [5, 5.41) is 3.29. The Morgan fingerprint density at radius 1 is 0.963 bits per heavy atom. The predicted octanol–water partition coefficient (Wildman–Crippen LogP) is 4.02. The lowest BCUT2D eigenvalue weighted by atomic mass is 10.1. The van der Waals surface area contributed by atoms with Crippen LogP contribution >= 0.6 is 11.6 Å². The van der Waals surface area contributed by atoms with Crippen LogP contribution in [0.2, 0.25) is 5.02 Å². The number of carbonyl (C=O) groups excluding carboxylic acids is 2. The van der Waals surface area contributed by atoms with Crippen molar-refractivity contribution in [1.29, 1.82) is 0 Å². The molecule has 138 valence electrons. The van der Waals surface area contributed by atoms with Crippen LogP contribution in [0.1, 0.15) is 21.7 Å². The highest BCUT2D eigenvalue weighted by atomic mass is 35.5. The molecule has 2 aromatic carbocycles. The average molecular weight is 384 g/mol. The summed E-state index contributed by atoms with van der Waals surface area (Å²) in [6.07, 6.45) is 1.71. The SMILES string of the molecule is O=C(NC(Cc1ccccc1)C(=O)OCc1ccc(Cl)cc1)c1ccco1. The van der Waals surface area contributed by atoms with Crippen molar-refractivity contribution >= 4 is 23.5 Å². The van der Waals surface area contributed by atoms with Gasteiger partial charge in [0.1, 0.15) is 12.6 Å². The molecule has 0 aliphatic heterocycles. The number of hydrogen-bond donors (Lipinski definition) is 1. The second-order valence-corrected chi connectivity index (χ2v) is 6.36. The molecule has 1 heterocycles.